The van der Waals surface area contributed by atoms with Crippen LogP contribution in [0.3, 0.4) is 0 Å². The molecule has 0 fully saturated rings. The summed E-state index contributed by atoms with van der Waals surface area (Å²) in [5.41, 5.74) is 0.509. The van der Waals surface area contributed by atoms with E-state index in [-0.39, 0.29) is 0 Å². The van der Waals surface area contributed by atoms with Gasteiger partial charge in [-0.2, -0.15) is 0 Å². The van der Waals surface area contributed by atoms with Crippen LogP contribution in [0.4, 0.5) is 0 Å². The lowest BCUT2D eigenvalue weighted by molar-refractivity contribution is 0.160. The molecule has 2 aromatic carbocycles. The highest BCUT2D eigenvalue weighted by atomic mass is 35.6. The molecule has 0 radical (unpaired) electrons. The summed E-state index contributed by atoms with van der Waals surface area (Å²) in [5.74, 6) is 0. The zero-order valence-corrected chi connectivity index (χ0v) is 13.2. The molecule has 1 atom stereocenters. The summed E-state index contributed by atoms with van der Waals surface area (Å²) in [6.07, 6.45) is -1.34. The highest BCUT2D eigenvalue weighted by Gasteiger charge is 2.52. The van der Waals surface area contributed by atoms with E-state index in [1.807, 2.05) is 30.3 Å². The van der Waals surface area contributed by atoms with Crippen LogP contribution in [0.15, 0.2) is 42.5 Å². The van der Waals surface area contributed by atoms with Crippen molar-refractivity contribution in [2.24, 2.45) is 0 Å². The molecule has 0 saturated carbocycles. The first-order chi connectivity index (χ1) is 8.75. The Morgan fingerprint density at radius 1 is 0.842 bits per heavy atom. The molecular formula is C13H9Cl5O. The maximum atomic E-state index is 10.4. The van der Waals surface area contributed by atoms with Gasteiger partial charge < -0.3 is 5.11 Å². The third kappa shape index (κ3) is 2.92. The van der Waals surface area contributed by atoms with Crippen LogP contribution in [0.5, 0.6) is 0 Å². The second-order valence-corrected chi connectivity index (χ2v) is 7.76. The van der Waals surface area contributed by atoms with Gasteiger partial charge in [-0.05, 0) is 16.3 Å². The molecule has 2 rings (SSSR count). The predicted octanol–water partition coefficient (Wildman–Crippen LogP) is 5.42. The van der Waals surface area contributed by atoms with E-state index in [9.17, 15) is 5.11 Å². The quantitative estimate of drug-likeness (QED) is 0.711. The van der Waals surface area contributed by atoms with E-state index in [1.165, 1.54) is 0 Å². The lowest BCUT2D eigenvalue weighted by Gasteiger charge is -2.32. The van der Waals surface area contributed by atoms with Crippen molar-refractivity contribution in [2.45, 2.75) is 14.2 Å². The van der Waals surface area contributed by atoms with Crippen molar-refractivity contribution in [3.05, 3.63) is 48.0 Å². The fourth-order valence-corrected chi connectivity index (χ4v) is 2.38. The zero-order valence-electron chi connectivity index (χ0n) is 9.46. The fraction of sp³-hybridized carbons (Fsp3) is 0.231. The molecule has 0 amide bonds. The van der Waals surface area contributed by atoms with Gasteiger partial charge in [0.05, 0.1) is 0 Å². The Morgan fingerprint density at radius 3 is 2.05 bits per heavy atom. The summed E-state index contributed by atoms with van der Waals surface area (Å²) in [4.78, 5) is 0. The molecule has 19 heavy (non-hydrogen) atoms. The van der Waals surface area contributed by atoms with Gasteiger partial charge in [0, 0.05) is 0 Å². The molecule has 2 aromatic rings. The number of alkyl halides is 5. The van der Waals surface area contributed by atoms with Gasteiger partial charge in [-0.25, -0.2) is 0 Å². The number of aliphatic hydroxyl groups excluding tert-OH is 1. The topological polar surface area (TPSA) is 20.2 Å². The summed E-state index contributed by atoms with van der Waals surface area (Å²) in [6.45, 7) is 0. The van der Waals surface area contributed by atoms with Gasteiger partial charge >= 0.3 is 0 Å². The van der Waals surface area contributed by atoms with Crippen LogP contribution in [-0.4, -0.2) is 13.2 Å². The molecule has 102 valence electrons. The summed E-state index contributed by atoms with van der Waals surface area (Å²) < 4.78 is -3.98. The number of fused-ring (bicyclic) bond motifs is 1. The molecule has 0 aliphatic rings. The lowest BCUT2D eigenvalue weighted by atomic mass is 9.98. The van der Waals surface area contributed by atoms with Crippen molar-refractivity contribution in [3.8, 4) is 0 Å². The Bertz CT molecular complexity index is 586. The average Bonchev–Trinajstić information content (AvgIpc) is 2.36. The summed E-state index contributed by atoms with van der Waals surface area (Å²) in [6, 6.07) is 12.9. The SMILES string of the molecule is OC(c1cccc2ccccc12)C(Cl)(Cl)C(Cl)(Cl)Cl. The number of benzene rings is 2. The Labute approximate surface area is 136 Å². The van der Waals surface area contributed by atoms with Gasteiger partial charge in [0.2, 0.25) is 3.79 Å². The number of rotatable bonds is 2. The minimum absolute atomic E-state index is 0.509. The predicted molar refractivity (Wildman–Crippen MR) is 83.6 cm³/mol. The van der Waals surface area contributed by atoms with E-state index < -0.39 is 14.2 Å². The van der Waals surface area contributed by atoms with Gasteiger partial charge in [-0.1, -0.05) is 100 Å². The molecule has 1 unspecified atom stereocenters. The molecule has 1 N–H and O–H groups in total. The number of halogens is 5. The van der Waals surface area contributed by atoms with Gasteiger partial charge in [0.1, 0.15) is 6.10 Å². The minimum atomic E-state index is -2.02. The van der Waals surface area contributed by atoms with E-state index >= 15 is 0 Å². The first-order valence-electron chi connectivity index (χ1n) is 5.35. The van der Waals surface area contributed by atoms with Crippen LogP contribution < -0.4 is 0 Å². The Morgan fingerprint density at radius 2 is 1.42 bits per heavy atom. The molecule has 0 aliphatic heterocycles. The molecule has 0 saturated heterocycles. The fourth-order valence-electron chi connectivity index (χ4n) is 1.84. The van der Waals surface area contributed by atoms with Crippen molar-refractivity contribution in [1.82, 2.24) is 0 Å². The van der Waals surface area contributed by atoms with Gasteiger partial charge in [0.15, 0.2) is 4.33 Å². The average molecular weight is 358 g/mol. The van der Waals surface area contributed by atoms with E-state index in [0.29, 0.717) is 5.56 Å². The molecule has 1 nitrogen and oxygen atoms in total. The maximum absolute atomic E-state index is 10.4. The minimum Gasteiger partial charge on any atom is -0.385 e. The summed E-state index contributed by atoms with van der Waals surface area (Å²) in [7, 11) is 0. The first kappa shape index (κ1) is 15.5. The second kappa shape index (κ2) is 5.48. The van der Waals surface area contributed by atoms with Crippen LogP contribution >= 0.6 is 58.0 Å². The molecule has 0 heterocycles. The third-order valence-electron chi connectivity index (χ3n) is 2.84. The monoisotopic (exact) mass is 356 g/mol. The van der Waals surface area contributed by atoms with Crippen molar-refractivity contribution in [2.75, 3.05) is 0 Å². The zero-order chi connectivity index (χ0) is 14.3. The summed E-state index contributed by atoms with van der Waals surface area (Å²) in [5, 5.41) is 12.1. The van der Waals surface area contributed by atoms with Gasteiger partial charge in [0.25, 0.3) is 0 Å². The van der Waals surface area contributed by atoms with Gasteiger partial charge in [-0.15, -0.1) is 0 Å². The van der Waals surface area contributed by atoms with E-state index in [1.54, 1.807) is 12.1 Å². The molecular weight excluding hydrogens is 349 g/mol. The number of hydrogen-bond acceptors (Lipinski definition) is 1. The van der Waals surface area contributed by atoms with Crippen molar-refractivity contribution in [1.29, 1.82) is 0 Å². The second-order valence-electron chi connectivity index (χ2n) is 4.09. The first-order valence-corrected chi connectivity index (χ1v) is 7.24. The molecule has 0 aromatic heterocycles. The third-order valence-corrected chi connectivity index (χ3v) is 5.29. The van der Waals surface area contributed by atoms with Crippen LogP contribution in [0.1, 0.15) is 11.7 Å². The number of aliphatic hydroxyl groups is 1. The van der Waals surface area contributed by atoms with Crippen LogP contribution in [0.25, 0.3) is 10.8 Å². The van der Waals surface area contributed by atoms with E-state index in [0.717, 1.165) is 10.8 Å². The highest BCUT2D eigenvalue weighted by molar-refractivity contribution is 6.75. The van der Waals surface area contributed by atoms with Crippen molar-refractivity contribution in [3.63, 3.8) is 0 Å². The van der Waals surface area contributed by atoms with Crippen LogP contribution in [-0.2, 0) is 0 Å². The molecule has 0 spiro atoms. The normalized spacial score (nSPS) is 14.6. The Balaban J connectivity index is 2.56. The molecule has 0 bridgehead atoms. The van der Waals surface area contributed by atoms with Crippen molar-refractivity contribution >= 4 is 68.8 Å². The molecule has 6 heteroatoms. The van der Waals surface area contributed by atoms with Crippen molar-refractivity contribution < 1.29 is 5.11 Å². The van der Waals surface area contributed by atoms with Crippen LogP contribution in [0, 0.1) is 0 Å². The van der Waals surface area contributed by atoms with Gasteiger partial charge in [-0.3, -0.25) is 0 Å². The largest absolute Gasteiger partial charge is 0.385 e. The lowest BCUT2D eigenvalue weighted by Crippen LogP contribution is -2.37. The maximum Gasteiger partial charge on any atom is 0.225 e. The summed E-state index contributed by atoms with van der Waals surface area (Å²) >= 11 is 29.2. The highest BCUT2D eigenvalue weighted by Crippen LogP contribution is 2.53. The molecule has 0 aliphatic carbocycles. The van der Waals surface area contributed by atoms with Crippen LogP contribution in [0.2, 0.25) is 0 Å². The number of hydrogen-bond donors (Lipinski definition) is 1. The Hall–Kier alpha value is 0.110. The van der Waals surface area contributed by atoms with E-state index in [4.69, 9.17) is 58.0 Å². The standard InChI is InChI=1S/C13H9Cl5O/c14-12(15,13(16,17)18)11(19)10-7-3-5-8-4-1-2-6-9(8)10/h1-7,11,19H. The Kier molecular flexibility index (Phi) is 4.47. The smallest absolute Gasteiger partial charge is 0.225 e. The van der Waals surface area contributed by atoms with E-state index in [2.05, 4.69) is 0 Å².